The van der Waals surface area contributed by atoms with Crippen molar-refractivity contribution in [1.29, 1.82) is 0 Å². The van der Waals surface area contributed by atoms with E-state index in [4.69, 9.17) is 5.73 Å². The molecule has 2 heterocycles. The summed E-state index contributed by atoms with van der Waals surface area (Å²) in [6.45, 7) is 0. The predicted octanol–water partition coefficient (Wildman–Crippen LogP) is 4.56. The average Bonchev–Trinajstić information content (AvgIpc) is 2.79. The molecule has 3 rings (SSSR count). The van der Waals surface area contributed by atoms with E-state index in [2.05, 4.69) is 4.98 Å². The first-order valence-corrected chi connectivity index (χ1v) is 6.63. The van der Waals surface area contributed by atoms with Gasteiger partial charge < -0.3 is 5.73 Å². The van der Waals surface area contributed by atoms with Crippen LogP contribution in [0.15, 0.2) is 41.9 Å². The Morgan fingerprint density at radius 1 is 1.10 bits per heavy atom. The molecule has 20 heavy (non-hydrogen) atoms. The summed E-state index contributed by atoms with van der Waals surface area (Å²) in [7, 11) is 0. The molecule has 0 fully saturated rings. The molecule has 6 heteroatoms. The number of nitrogens with zero attached hydrogens (tertiary/aromatic N) is 1. The van der Waals surface area contributed by atoms with Crippen LogP contribution >= 0.6 is 11.3 Å². The van der Waals surface area contributed by atoms with E-state index in [0.717, 1.165) is 22.3 Å². The third-order valence-electron chi connectivity index (χ3n) is 2.98. The minimum Gasteiger partial charge on any atom is -0.398 e. The number of rotatable bonds is 1. The third-order valence-corrected chi connectivity index (χ3v) is 3.90. The van der Waals surface area contributed by atoms with Crippen LogP contribution in [0.5, 0.6) is 0 Å². The molecule has 0 aliphatic rings. The molecule has 3 aromatic rings. The van der Waals surface area contributed by atoms with E-state index in [-0.39, 0.29) is 0 Å². The fraction of sp³-hybridized carbons (Fsp3) is 0.0714. The lowest BCUT2D eigenvalue weighted by atomic mass is 10.0. The Hall–Kier alpha value is -2.08. The molecule has 0 spiro atoms. The van der Waals surface area contributed by atoms with Crippen LogP contribution < -0.4 is 5.73 Å². The first-order valence-electron chi connectivity index (χ1n) is 5.75. The zero-order valence-electron chi connectivity index (χ0n) is 10.1. The van der Waals surface area contributed by atoms with E-state index in [0.29, 0.717) is 16.8 Å². The van der Waals surface area contributed by atoms with Crippen molar-refractivity contribution in [2.75, 3.05) is 5.73 Å². The van der Waals surface area contributed by atoms with Crippen molar-refractivity contribution >= 4 is 27.2 Å². The van der Waals surface area contributed by atoms with E-state index in [1.807, 2.05) is 0 Å². The van der Waals surface area contributed by atoms with Crippen LogP contribution in [0.2, 0.25) is 0 Å². The van der Waals surface area contributed by atoms with Gasteiger partial charge in [-0.15, -0.1) is 11.3 Å². The van der Waals surface area contributed by atoms with Gasteiger partial charge in [-0.05, 0) is 23.8 Å². The number of halogens is 3. The standard InChI is InChI=1S/C14H9F3N2S/c15-14(16,17)10-3-1-2-8(4-10)9-5-11-12(18)7-20-13(11)19-6-9/h1-7H,18H2. The molecule has 0 amide bonds. The summed E-state index contributed by atoms with van der Waals surface area (Å²) in [6.07, 6.45) is -2.79. The van der Waals surface area contributed by atoms with Crippen LogP contribution in [0.25, 0.3) is 21.3 Å². The molecule has 0 atom stereocenters. The Kier molecular flexibility index (Phi) is 2.90. The number of aromatic nitrogens is 1. The molecule has 2 aromatic heterocycles. The minimum absolute atomic E-state index is 0.472. The van der Waals surface area contributed by atoms with Crippen molar-refractivity contribution in [2.45, 2.75) is 6.18 Å². The van der Waals surface area contributed by atoms with Gasteiger partial charge in [0, 0.05) is 22.5 Å². The SMILES string of the molecule is Nc1csc2ncc(-c3cccc(C(F)(F)F)c3)cc12. The van der Waals surface area contributed by atoms with Crippen molar-refractivity contribution < 1.29 is 13.2 Å². The Balaban J connectivity index is 2.13. The van der Waals surface area contributed by atoms with Gasteiger partial charge in [0.2, 0.25) is 0 Å². The second kappa shape index (κ2) is 4.49. The Morgan fingerprint density at radius 2 is 1.90 bits per heavy atom. The van der Waals surface area contributed by atoms with Crippen molar-refractivity contribution in [1.82, 2.24) is 4.98 Å². The summed E-state index contributed by atoms with van der Waals surface area (Å²) in [5, 5.41) is 2.54. The van der Waals surface area contributed by atoms with E-state index in [9.17, 15) is 13.2 Å². The molecule has 0 aliphatic carbocycles. The summed E-state index contributed by atoms with van der Waals surface area (Å²) in [5.74, 6) is 0. The van der Waals surface area contributed by atoms with Crippen LogP contribution in [-0.4, -0.2) is 4.98 Å². The normalized spacial score (nSPS) is 11.9. The molecule has 0 unspecified atom stereocenters. The average molecular weight is 294 g/mol. The first kappa shape index (κ1) is 12.9. The maximum Gasteiger partial charge on any atom is 0.416 e. The lowest BCUT2D eigenvalue weighted by Crippen LogP contribution is -2.04. The van der Waals surface area contributed by atoms with Crippen molar-refractivity contribution in [3.8, 4) is 11.1 Å². The van der Waals surface area contributed by atoms with Gasteiger partial charge in [0.05, 0.1) is 11.3 Å². The van der Waals surface area contributed by atoms with Crippen molar-refractivity contribution in [2.24, 2.45) is 0 Å². The van der Waals surface area contributed by atoms with Gasteiger partial charge >= 0.3 is 6.18 Å². The number of benzene rings is 1. The third kappa shape index (κ3) is 2.22. The van der Waals surface area contributed by atoms with Gasteiger partial charge in [-0.2, -0.15) is 13.2 Å². The number of nitrogens with two attached hydrogens (primary N) is 1. The monoisotopic (exact) mass is 294 g/mol. The second-order valence-corrected chi connectivity index (χ2v) is 5.20. The summed E-state index contributed by atoms with van der Waals surface area (Å²) >= 11 is 1.41. The predicted molar refractivity (Wildman–Crippen MR) is 74.5 cm³/mol. The highest BCUT2D eigenvalue weighted by Crippen LogP contribution is 2.34. The molecule has 0 radical (unpaired) electrons. The van der Waals surface area contributed by atoms with Gasteiger partial charge in [-0.3, -0.25) is 0 Å². The number of alkyl halides is 3. The summed E-state index contributed by atoms with van der Waals surface area (Å²) in [6, 6.07) is 6.95. The maximum atomic E-state index is 12.7. The Morgan fingerprint density at radius 3 is 2.65 bits per heavy atom. The molecular formula is C14H9F3N2S. The zero-order chi connectivity index (χ0) is 14.3. The number of fused-ring (bicyclic) bond motifs is 1. The van der Waals surface area contributed by atoms with E-state index >= 15 is 0 Å². The van der Waals surface area contributed by atoms with Crippen LogP contribution in [0.4, 0.5) is 18.9 Å². The number of thiophene rings is 1. The number of anilines is 1. The van der Waals surface area contributed by atoms with E-state index < -0.39 is 11.7 Å². The van der Waals surface area contributed by atoms with Gasteiger partial charge in [0.15, 0.2) is 0 Å². The van der Waals surface area contributed by atoms with Crippen molar-refractivity contribution in [3.63, 3.8) is 0 Å². The van der Waals surface area contributed by atoms with Gasteiger partial charge in [0.25, 0.3) is 0 Å². The number of pyridine rings is 1. The molecule has 2 nitrogen and oxygen atoms in total. The zero-order valence-corrected chi connectivity index (χ0v) is 10.9. The molecule has 0 aliphatic heterocycles. The Bertz CT molecular complexity index is 777. The van der Waals surface area contributed by atoms with Crippen LogP contribution in [0.1, 0.15) is 5.56 Å². The molecule has 102 valence electrons. The Labute approximate surface area is 116 Å². The molecule has 1 aromatic carbocycles. The van der Waals surface area contributed by atoms with E-state index in [1.54, 1.807) is 23.7 Å². The number of nitrogen functional groups attached to an aromatic ring is 1. The number of hydrogen-bond donors (Lipinski definition) is 1. The molecular weight excluding hydrogens is 285 g/mol. The van der Waals surface area contributed by atoms with Gasteiger partial charge in [-0.1, -0.05) is 12.1 Å². The summed E-state index contributed by atoms with van der Waals surface area (Å²) in [4.78, 5) is 5.00. The molecule has 0 saturated carbocycles. The highest BCUT2D eigenvalue weighted by Gasteiger charge is 2.30. The second-order valence-electron chi connectivity index (χ2n) is 4.35. The smallest absolute Gasteiger partial charge is 0.398 e. The van der Waals surface area contributed by atoms with Crippen LogP contribution in [-0.2, 0) is 6.18 Å². The van der Waals surface area contributed by atoms with Gasteiger partial charge in [-0.25, -0.2) is 4.98 Å². The summed E-state index contributed by atoms with van der Waals surface area (Å²) < 4.78 is 38.2. The topological polar surface area (TPSA) is 38.9 Å². The van der Waals surface area contributed by atoms with Crippen molar-refractivity contribution in [3.05, 3.63) is 47.5 Å². The minimum atomic E-state index is -4.35. The van der Waals surface area contributed by atoms with Gasteiger partial charge in [0.1, 0.15) is 4.83 Å². The molecule has 0 saturated heterocycles. The fourth-order valence-corrected chi connectivity index (χ4v) is 2.75. The quantitative estimate of drug-likeness (QED) is 0.714. The highest BCUT2D eigenvalue weighted by atomic mass is 32.1. The number of hydrogen-bond acceptors (Lipinski definition) is 3. The lowest BCUT2D eigenvalue weighted by Gasteiger charge is -2.08. The molecule has 2 N–H and O–H groups in total. The maximum absolute atomic E-state index is 12.7. The lowest BCUT2D eigenvalue weighted by molar-refractivity contribution is -0.137. The first-order chi connectivity index (χ1) is 9.45. The van der Waals surface area contributed by atoms with Crippen LogP contribution in [0, 0.1) is 0 Å². The fourth-order valence-electron chi connectivity index (χ4n) is 1.97. The highest BCUT2D eigenvalue weighted by molar-refractivity contribution is 7.17. The molecule has 0 bridgehead atoms. The largest absolute Gasteiger partial charge is 0.416 e. The van der Waals surface area contributed by atoms with E-state index in [1.165, 1.54) is 17.4 Å². The van der Waals surface area contributed by atoms with Crippen LogP contribution in [0.3, 0.4) is 0 Å². The summed E-state index contributed by atoms with van der Waals surface area (Å²) in [5.41, 5.74) is 6.82.